The third-order valence-corrected chi connectivity index (χ3v) is 3.40. The molecule has 0 aliphatic carbocycles. The molecule has 0 aliphatic heterocycles. The van der Waals surface area contributed by atoms with E-state index in [4.69, 9.17) is 4.42 Å². The predicted molar refractivity (Wildman–Crippen MR) is 73.6 cm³/mol. The molecule has 0 fully saturated rings. The molecule has 0 atom stereocenters. The van der Waals surface area contributed by atoms with Crippen LogP contribution in [0.25, 0.3) is 0 Å². The van der Waals surface area contributed by atoms with Gasteiger partial charge < -0.3 is 9.32 Å². The van der Waals surface area contributed by atoms with E-state index in [0.29, 0.717) is 4.90 Å². The monoisotopic (exact) mass is 379 g/mol. The van der Waals surface area contributed by atoms with Crippen molar-refractivity contribution in [1.29, 1.82) is 0 Å². The van der Waals surface area contributed by atoms with Gasteiger partial charge in [-0.15, -0.1) is 0 Å². The second-order valence-corrected chi connectivity index (χ2v) is 5.33. The minimum atomic E-state index is -4.56. The maximum Gasteiger partial charge on any atom is 0.406 e. The number of halogens is 5. The molecule has 0 bridgehead atoms. The predicted octanol–water partition coefficient (Wildman–Crippen LogP) is 4.39. The Bertz CT molecular complexity index is 655. The first-order valence-corrected chi connectivity index (χ1v) is 6.89. The van der Waals surface area contributed by atoms with Gasteiger partial charge in [0.1, 0.15) is 18.1 Å². The molecule has 8 heteroatoms. The Labute approximate surface area is 131 Å². The lowest BCUT2D eigenvalue weighted by molar-refractivity contribution is -0.142. The lowest BCUT2D eigenvalue weighted by Gasteiger charge is -2.23. The van der Waals surface area contributed by atoms with E-state index in [1.54, 1.807) is 0 Å². The second kappa shape index (κ2) is 6.51. The molecule has 0 spiro atoms. The van der Waals surface area contributed by atoms with Crippen LogP contribution in [-0.2, 0) is 6.54 Å². The van der Waals surface area contributed by atoms with E-state index < -0.39 is 24.4 Å². The molecule has 0 saturated heterocycles. The largest absolute Gasteiger partial charge is 0.467 e. The molecule has 118 valence electrons. The van der Waals surface area contributed by atoms with Crippen molar-refractivity contribution >= 4 is 21.8 Å². The molecule has 2 aromatic rings. The maximum atomic E-state index is 13.0. The zero-order valence-corrected chi connectivity index (χ0v) is 12.6. The molecule has 2 rings (SSSR count). The van der Waals surface area contributed by atoms with Crippen LogP contribution < -0.4 is 0 Å². The topological polar surface area (TPSA) is 33.5 Å². The minimum Gasteiger partial charge on any atom is -0.467 e. The molecule has 0 aliphatic rings. The number of nitrogens with zero attached hydrogens (tertiary/aromatic N) is 1. The fourth-order valence-corrected chi connectivity index (χ4v) is 2.36. The number of hydrogen-bond donors (Lipinski definition) is 0. The van der Waals surface area contributed by atoms with E-state index in [2.05, 4.69) is 15.9 Å². The van der Waals surface area contributed by atoms with Gasteiger partial charge in [-0.2, -0.15) is 13.2 Å². The minimum absolute atomic E-state index is 0.0581. The van der Waals surface area contributed by atoms with Crippen molar-refractivity contribution in [2.75, 3.05) is 6.54 Å². The third kappa shape index (κ3) is 4.33. The Morgan fingerprint density at radius 2 is 2.00 bits per heavy atom. The Morgan fingerprint density at radius 1 is 1.27 bits per heavy atom. The van der Waals surface area contributed by atoms with Crippen LogP contribution >= 0.6 is 15.9 Å². The van der Waals surface area contributed by atoms with Crippen LogP contribution in [0.15, 0.2) is 45.5 Å². The van der Waals surface area contributed by atoms with Crippen molar-refractivity contribution in [3.63, 3.8) is 0 Å². The van der Waals surface area contributed by atoms with Crippen molar-refractivity contribution in [2.24, 2.45) is 0 Å². The summed E-state index contributed by atoms with van der Waals surface area (Å²) in [6.07, 6.45) is -3.26. The summed E-state index contributed by atoms with van der Waals surface area (Å²) in [5.41, 5.74) is -0.0581. The number of carbonyl (C=O) groups is 1. The highest BCUT2D eigenvalue weighted by atomic mass is 79.9. The van der Waals surface area contributed by atoms with Crippen molar-refractivity contribution in [1.82, 2.24) is 4.90 Å². The van der Waals surface area contributed by atoms with Gasteiger partial charge in [-0.1, -0.05) is 0 Å². The van der Waals surface area contributed by atoms with Crippen molar-refractivity contribution in [3.8, 4) is 0 Å². The molecule has 3 nitrogen and oxygen atoms in total. The van der Waals surface area contributed by atoms with Gasteiger partial charge in [0.15, 0.2) is 0 Å². The number of carbonyl (C=O) groups excluding carboxylic acids is 1. The van der Waals surface area contributed by atoms with Gasteiger partial charge >= 0.3 is 6.18 Å². The molecular formula is C14H10BrF4NO2. The summed E-state index contributed by atoms with van der Waals surface area (Å²) in [6.45, 7) is -1.77. The molecule has 0 N–H and O–H groups in total. The summed E-state index contributed by atoms with van der Waals surface area (Å²) >= 11 is 2.98. The average molecular weight is 380 g/mol. The van der Waals surface area contributed by atoms with E-state index in [0.717, 1.165) is 18.2 Å². The van der Waals surface area contributed by atoms with Crippen molar-refractivity contribution in [3.05, 3.63) is 58.2 Å². The summed E-state index contributed by atoms with van der Waals surface area (Å²) in [5, 5.41) is 0. The summed E-state index contributed by atoms with van der Waals surface area (Å²) in [6, 6.07) is 6.14. The van der Waals surface area contributed by atoms with Crippen LogP contribution in [0, 0.1) is 5.82 Å². The summed E-state index contributed by atoms with van der Waals surface area (Å²) in [7, 11) is 0. The van der Waals surface area contributed by atoms with E-state index in [1.807, 2.05) is 0 Å². The van der Waals surface area contributed by atoms with Crippen LogP contribution in [-0.4, -0.2) is 23.5 Å². The number of hydrogen-bond acceptors (Lipinski definition) is 2. The van der Waals surface area contributed by atoms with Crippen molar-refractivity contribution in [2.45, 2.75) is 12.7 Å². The summed E-state index contributed by atoms with van der Waals surface area (Å²) in [4.78, 5) is 12.9. The second-order valence-electron chi connectivity index (χ2n) is 4.48. The van der Waals surface area contributed by atoms with Crippen LogP contribution in [0.1, 0.15) is 16.1 Å². The van der Waals surface area contributed by atoms with E-state index in [1.165, 1.54) is 18.4 Å². The summed E-state index contributed by atoms with van der Waals surface area (Å²) < 4.78 is 56.1. The van der Waals surface area contributed by atoms with Crippen LogP contribution in [0.2, 0.25) is 0 Å². The number of alkyl halides is 3. The van der Waals surface area contributed by atoms with E-state index in [-0.39, 0.29) is 22.3 Å². The molecule has 0 saturated carbocycles. The fourth-order valence-electron chi connectivity index (χ4n) is 1.84. The van der Waals surface area contributed by atoms with Gasteiger partial charge in [0.25, 0.3) is 5.91 Å². The van der Waals surface area contributed by atoms with Crippen LogP contribution in [0.5, 0.6) is 0 Å². The highest BCUT2D eigenvalue weighted by molar-refractivity contribution is 9.10. The summed E-state index contributed by atoms with van der Waals surface area (Å²) in [5.74, 6) is -1.26. The quantitative estimate of drug-likeness (QED) is 0.738. The normalized spacial score (nSPS) is 11.5. The molecule has 1 aromatic heterocycles. The highest BCUT2D eigenvalue weighted by Gasteiger charge is 2.34. The van der Waals surface area contributed by atoms with Crippen LogP contribution in [0.3, 0.4) is 0 Å². The average Bonchev–Trinajstić information content (AvgIpc) is 2.88. The Morgan fingerprint density at radius 3 is 2.55 bits per heavy atom. The Hall–Kier alpha value is -1.83. The van der Waals surface area contributed by atoms with E-state index in [9.17, 15) is 22.4 Å². The zero-order valence-electron chi connectivity index (χ0n) is 11.0. The van der Waals surface area contributed by atoms with Gasteiger partial charge in [-0.3, -0.25) is 4.79 Å². The van der Waals surface area contributed by atoms with Gasteiger partial charge in [0.2, 0.25) is 0 Å². The highest BCUT2D eigenvalue weighted by Crippen LogP contribution is 2.24. The third-order valence-electron chi connectivity index (χ3n) is 2.75. The molecule has 1 aromatic carbocycles. The lowest BCUT2D eigenvalue weighted by atomic mass is 10.2. The van der Waals surface area contributed by atoms with Gasteiger partial charge in [0, 0.05) is 4.47 Å². The zero-order chi connectivity index (χ0) is 16.3. The smallest absolute Gasteiger partial charge is 0.406 e. The van der Waals surface area contributed by atoms with Gasteiger partial charge in [-0.05, 0) is 46.3 Å². The van der Waals surface area contributed by atoms with Crippen molar-refractivity contribution < 1.29 is 26.8 Å². The number of rotatable bonds is 4. The SMILES string of the molecule is O=C(c1ccc(F)cc1Br)N(Cc1ccco1)CC(F)(F)F. The maximum absolute atomic E-state index is 13.0. The molecule has 22 heavy (non-hydrogen) atoms. The molecule has 1 heterocycles. The molecule has 1 amide bonds. The van der Waals surface area contributed by atoms with Gasteiger partial charge in [0.05, 0.1) is 18.4 Å². The number of benzene rings is 1. The molecule has 0 unspecified atom stereocenters. The number of amides is 1. The first-order valence-electron chi connectivity index (χ1n) is 6.10. The van der Waals surface area contributed by atoms with Crippen LogP contribution in [0.4, 0.5) is 17.6 Å². The van der Waals surface area contributed by atoms with E-state index >= 15 is 0 Å². The molecule has 0 radical (unpaired) electrons. The standard InChI is InChI=1S/C14H10BrF4NO2/c15-12-6-9(16)3-4-11(12)13(21)20(8-14(17,18)19)7-10-2-1-5-22-10/h1-6H,7-8H2. The number of furan rings is 1. The Balaban J connectivity index is 2.28. The fraction of sp³-hybridized carbons (Fsp3) is 0.214. The lowest BCUT2D eigenvalue weighted by Crippen LogP contribution is -2.38. The van der Waals surface area contributed by atoms with Gasteiger partial charge in [-0.25, -0.2) is 4.39 Å². The first kappa shape index (κ1) is 16.5. The first-order chi connectivity index (χ1) is 10.3. The molecular weight excluding hydrogens is 370 g/mol. The Kier molecular flexibility index (Phi) is 4.90.